The van der Waals surface area contributed by atoms with Crippen molar-refractivity contribution in [3.63, 3.8) is 0 Å². The quantitative estimate of drug-likeness (QED) is 0.180. The molecule has 1 unspecified atom stereocenters. The van der Waals surface area contributed by atoms with Gasteiger partial charge in [0.05, 0.1) is 5.41 Å². The van der Waals surface area contributed by atoms with Crippen LogP contribution in [0.15, 0.2) is 131 Å². The summed E-state index contributed by atoms with van der Waals surface area (Å²) in [4.78, 5) is 0. The molecule has 3 aromatic rings. The average Bonchev–Trinajstić information content (AvgIpc) is 3.53. The molecule has 0 saturated heterocycles. The van der Waals surface area contributed by atoms with Gasteiger partial charge in [-0.2, -0.15) is 0 Å². The van der Waals surface area contributed by atoms with Crippen LogP contribution in [0, 0.1) is 0 Å². The summed E-state index contributed by atoms with van der Waals surface area (Å²) < 4.78 is 5.89. The fourth-order valence-corrected chi connectivity index (χ4v) is 5.84. The lowest BCUT2D eigenvalue weighted by atomic mass is 9.66. The highest BCUT2D eigenvalue weighted by Gasteiger charge is 2.45. The van der Waals surface area contributed by atoms with E-state index in [4.69, 9.17) is 4.42 Å². The van der Waals surface area contributed by atoms with Crippen LogP contribution in [0.1, 0.15) is 85.4 Å². The third kappa shape index (κ3) is 6.89. The molecule has 0 aliphatic heterocycles. The maximum absolute atomic E-state index is 5.89. The Hall–Kier alpha value is -4.36. The van der Waals surface area contributed by atoms with E-state index in [0.717, 1.165) is 33.6 Å². The van der Waals surface area contributed by atoms with Gasteiger partial charge in [-0.15, -0.1) is 0 Å². The third-order valence-electron chi connectivity index (χ3n) is 8.15. The lowest BCUT2D eigenvalue weighted by molar-refractivity contribution is 0.575. The molecule has 0 radical (unpaired) electrons. The molecular formula is C43H52O. The molecule has 1 nitrogen and oxygen atoms in total. The predicted octanol–water partition coefficient (Wildman–Crippen LogP) is 11.6. The van der Waals surface area contributed by atoms with E-state index in [9.17, 15) is 0 Å². The molecule has 1 heterocycles. The highest BCUT2D eigenvalue weighted by Crippen LogP contribution is 2.55. The standard InChI is InChI=1S/C39H40O.2C2H6/c1-10-13-17-35-30(8)33-16-14-15-18-36(33)39(35,28(6)11-2)29(7)22-20-26(4)19-21-27(5)32-23-24-38-34(25-32)31(9)37(12-3)40-38;2*1-2/h10-19,21-25H,1-2,6,9,20H2,3-5,7-8H3;2*1-2H3/b17-13-,26-19+,27-21+,29-22+,37-12+;;. The predicted molar refractivity (Wildman–Crippen MR) is 199 cm³/mol. The number of hydrogen-bond acceptors (Lipinski definition) is 1. The Bertz CT molecular complexity index is 1770. The van der Waals surface area contributed by atoms with Crippen LogP contribution in [0.2, 0.25) is 0 Å². The normalized spacial score (nSPS) is 17.2. The summed E-state index contributed by atoms with van der Waals surface area (Å²) in [7, 11) is 0. The van der Waals surface area contributed by atoms with Gasteiger partial charge in [0.1, 0.15) is 11.0 Å². The molecular weight excluding hydrogens is 532 g/mol. The number of furan rings is 1. The molecule has 1 aromatic heterocycles. The van der Waals surface area contributed by atoms with E-state index in [1.165, 1.54) is 44.6 Å². The second-order valence-corrected chi connectivity index (χ2v) is 10.6. The number of benzene rings is 2. The molecule has 0 amide bonds. The first-order chi connectivity index (χ1) is 21.2. The molecule has 1 heteroatoms. The van der Waals surface area contributed by atoms with E-state index < -0.39 is 5.41 Å². The molecule has 0 spiro atoms. The van der Waals surface area contributed by atoms with Crippen LogP contribution in [0.4, 0.5) is 0 Å². The van der Waals surface area contributed by atoms with Crippen molar-refractivity contribution in [3.05, 3.63) is 154 Å². The van der Waals surface area contributed by atoms with Gasteiger partial charge in [0.25, 0.3) is 0 Å². The van der Waals surface area contributed by atoms with Gasteiger partial charge in [-0.1, -0.05) is 138 Å². The van der Waals surface area contributed by atoms with Crippen LogP contribution in [0.5, 0.6) is 0 Å². The Morgan fingerprint density at radius 2 is 1.64 bits per heavy atom. The Morgan fingerprint density at radius 3 is 2.27 bits per heavy atom. The summed E-state index contributed by atoms with van der Waals surface area (Å²) in [6.07, 6.45) is 17.5. The van der Waals surface area contributed by atoms with Gasteiger partial charge in [-0.05, 0) is 98.2 Å². The average molecular weight is 585 g/mol. The van der Waals surface area contributed by atoms with E-state index >= 15 is 0 Å². The van der Waals surface area contributed by atoms with Crippen molar-refractivity contribution in [1.82, 2.24) is 0 Å². The Balaban J connectivity index is 0.00000162. The molecule has 4 rings (SSSR count). The van der Waals surface area contributed by atoms with Crippen LogP contribution in [-0.4, -0.2) is 0 Å². The molecule has 0 saturated carbocycles. The first kappa shape index (κ1) is 35.8. The maximum atomic E-state index is 5.89. The van der Waals surface area contributed by atoms with Gasteiger partial charge in [-0.25, -0.2) is 0 Å². The zero-order valence-corrected chi connectivity index (χ0v) is 28.6. The summed E-state index contributed by atoms with van der Waals surface area (Å²) in [5.74, 6) is 0. The molecule has 1 aliphatic carbocycles. The summed E-state index contributed by atoms with van der Waals surface area (Å²) >= 11 is 0. The lowest BCUT2D eigenvalue weighted by Gasteiger charge is -2.36. The second kappa shape index (κ2) is 16.5. The summed E-state index contributed by atoms with van der Waals surface area (Å²) in [5, 5.41) is 2.00. The molecule has 0 fully saturated rings. The first-order valence-corrected chi connectivity index (χ1v) is 15.8. The van der Waals surface area contributed by atoms with Crippen LogP contribution in [-0.2, 0) is 5.41 Å². The number of fused-ring (bicyclic) bond motifs is 2. The smallest absolute Gasteiger partial charge is 0.135 e. The fourth-order valence-electron chi connectivity index (χ4n) is 5.84. The zero-order valence-electron chi connectivity index (χ0n) is 28.6. The van der Waals surface area contributed by atoms with E-state index in [0.29, 0.717) is 0 Å². The van der Waals surface area contributed by atoms with E-state index in [2.05, 4.69) is 115 Å². The van der Waals surface area contributed by atoms with E-state index in [1.54, 1.807) is 0 Å². The maximum Gasteiger partial charge on any atom is 0.135 e. The minimum Gasteiger partial charge on any atom is -0.456 e. The van der Waals surface area contributed by atoms with Gasteiger partial charge in [0.15, 0.2) is 0 Å². The Labute approximate surface area is 267 Å². The number of hydrogen-bond donors (Lipinski definition) is 0. The van der Waals surface area contributed by atoms with Crippen molar-refractivity contribution in [2.45, 2.75) is 74.1 Å². The summed E-state index contributed by atoms with van der Waals surface area (Å²) in [6.45, 7) is 35.5. The molecule has 0 bridgehead atoms. The first-order valence-electron chi connectivity index (χ1n) is 15.8. The SMILES string of the molecule is C=C/C=C\C1=C(C)c2ccccc2C1(C(=C)C=C)/C(C)=C/C/C(C)=C/C=C(\C)c1ccc2o/c(=C/C)c(=C)c2c1.CC.CC. The van der Waals surface area contributed by atoms with Gasteiger partial charge in [0.2, 0.25) is 0 Å². The van der Waals surface area contributed by atoms with Crippen LogP contribution in [0.25, 0.3) is 34.8 Å². The van der Waals surface area contributed by atoms with Crippen molar-refractivity contribution in [1.29, 1.82) is 0 Å². The number of rotatable bonds is 9. The molecule has 1 atom stereocenters. The van der Waals surface area contributed by atoms with Crippen molar-refractivity contribution >= 4 is 34.8 Å². The Kier molecular flexibility index (Phi) is 13.4. The molecule has 2 aromatic carbocycles. The fraction of sp³-hybridized carbons (Fsp3) is 0.256. The Morgan fingerprint density at radius 1 is 0.955 bits per heavy atom. The monoisotopic (exact) mass is 584 g/mol. The largest absolute Gasteiger partial charge is 0.456 e. The van der Waals surface area contributed by atoms with Gasteiger partial charge >= 0.3 is 0 Å². The topological polar surface area (TPSA) is 13.1 Å². The molecule has 0 N–H and O–H groups in total. The van der Waals surface area contributed by atoms with Crippen molar-refractivity contribution in [2.24, 2.45) is 0 Å². The molecule has 1 aliphatic rings. The number of allylic oxidation sites excluding steroid dienone is 13. The van der Waals surface area contributed by atoms with Crippen LogP contribution in [0.3, 0.4) is 0 Å². The highest BCUT2D eigenvalue weighted by atomic mass is 16.3. The van der Waals surface area contributed by atoms with Crippen molar-refractivity contribution < 1.29 is 4.42 Å². The van der Waals surface area contributed by atoms with E-state index in [1.807, 2.05) is 65.0 Å². The van der Waals surface area contributed by atoms with Gasteiger partial charge < -0.3 is 4.42 Å². The molecule has 230 valence electrons. The van der Waals surface area contributed by atoms with Gasteiger partial charge in [0, 0.05) is 10.6 Å². The van der Waals surface area contributed by atoms with E-state index in [-0.39, 0.29) is 0 Å². The van der Waals surface area contributed by atoms with Crippen molar-refractivity contribution in [2.75, 3.05) is 0 Å². The second-order valence-electron chi connectivity index (χ2n) is 10.6. The molecule has 44 heavy (non-hydrogen) atoms. The van der Waals surface area contributed by atoms with Crippen LogP contribution >= 0.6 is 0 Å². The van der Waals surface area contributed by atoms with Gasteiger partial charge in [-0.3, -0.25) is 0 Å². The zero-order chi connectivity index (χ0) is 33.0. The summed E-state index contributed by atoms with van der Waals surface area (Å²) in [5.41, 5.74) is 12.1. The lowest BCUT2D eigenvalue weighted by Crippen LogP contribution is -2.29. The minimum atomic E-state index is -0.450. The summed E-state index contributed by atoms with van der Waals surface area (Å²) in [6, 6.07) is 15.0. The highest BCUT2D eigenvalue weighted by molar-refractivity contribution is 5.86. The van der Waals surface area contributed by atoms with Crippen LogP contribution < -0.4 is 10.6 Å². The third-order valence-corrected chi connectivity index (χ3v) is 8.15. The minimum absolute atomic E-state index is 0.450. The van der Waals surface area contributed by atoms with Crippen molar-refractivity contribution in [3.8, 4) is 0 Å².